The van der Waals surface area contributed by atoms with Crippen LogP contribution in [0.3, 0.4) is 0 Å². The number of nitrogens with two attached hydrogens (primary N) is 1. The molecular weight excluding hydrogens is 625 g/mol. The molecule has 0 radical (unpaired) electrons. The third-order valence-corrected chi connectivity index (χ3v) is 106. The van der Waals surface area contributed by atoms with Gasteiger partial charge >= 0.3 is 0 Å². The molecular formula is C7H34NP17. The summed E-state index contributed by atoms with van der Waals surface area (Å²) in [5.41, 5.74) is 5.70. The molecule has 0 aromatic rings. The van der Waals surface area contributed by atoms with Crippen molar-refractivity contribution in [3.63, 3.8) is 0 Å². The number of rotatable bonds is 7. The summed E-state index contributed by atoms with van der Waals surface area (Å²) in [6, 6.07) is 0.520. The molecule has 1 fully saturated rings. The van der Waals surface area contributed by atoms with E-state index in [0.717, 1.165) is 13.9 Å². The van der Waals surface area contributed by atoms with Crippen molar-refractivity contribution in [1.82, 2.24) is 0 Å². The first-order valence-electron chi connectivity index (χ1n) is 7.32. The van der Waals surface area contributed by atoms with E-state index < -0.39 is 0 Å². The molecule has 0 saturated heterocycles. The van der Waals surface area contributed by atoms with Crippen molar-refractivity contribution < 1.29 is 0 Å². The van der Waals surface area contributed by atoms with Crippen LogP contribution in [-0.4, -0.2) is 6.04 Å². The summed E-state index contributed by atoms with van der Waals surface area (Å²) in [7, 11) is 29.0. The van der Waals surface area contributed by atoms with Crippen LogP contribution in [-0.2, 0) is 0 Å². The first kappa shape index (κ1) is 32.3. The fraction of sp³-hybridized carbons (Fsp3) is 1.00. The Morgan fingerprint density at radius 1 is 0.720 bits per heavy atom. The first-order valence-corrected chi connectivity index (χ1v) is 37.5. The molecule has 1 aliphatic carbocycles. The molecule has 0 amide bonds. The topological polar surface area (TPSA) is 26.0 Å². The van der Waals surface area contributed by atoms with Crippen LogP contribution >= 0.6 is 137 Å². The molecule has 1 rings (SSSR count). The van der Waals surface area contributed by atoms with E-state index >= 15 is 0 Å². The predicted molar refractivity (Wildman–Crippen MR) is 180 cm³/mol. The van der Waals surface area contributed by atoms with E-state index in [2.05, 4.69) is 87.3 Å². The lowest BCUT2D eigenvalue weighted by molar-refractivity contribution is 0.348. The Bertz CT molecular complexity index is 313. The van der Waals surface area contributed by atoms with Crippen LogP contribution in [0.1, 0.15) is 32.6 Å². The van der Waals surface area contributed by atoms with Crippen LogP contribution in [0.15, 0.2) is 0 Å². The smallest absolute Gasteiger partial charge is 0.00390 e. The average molecular weight is 659 g/mol. The van der Waals surface area contributed by atoms with Gasteiger partial charge in [0.25, 0.3) is 0 Å². The van der Waals surface area contributed by atoms with Gasteiger partial charge in [0, 0.05) is 6.04 Å². The molecule has 0 aliphatic heterocycles. The van der Waals surface area contributed by atoms with Crippen molar-refractivity contribution in [1.29, 1.82) is 0 Å². The third kappa shape index (κ3) is 14.3. The van der Waals surface area contributed by atoms with E-state index in [-0.39, 0.29) is 48.9 Å². The van der Waals surface area contributed by atoms with Crippen molar-refractivity contribution in [2.45, 2.75) is 38.6 Å². The maximum Gasteiger partial charge on any atom is 0.00390 e. The van der Waals surface area contributed by atoms with Crippen LogP contribution in [0.5, 0.6) is 0 Å². The second kappa shape index (κ2) is 18.6. The minimum absolute atomic E-state index is 0.0688. The van der Waals surface area contributed by atoms with Gasteiger partial charge in [-0.3, -0.25) is 0 Å². The highest BCUT2D eigenvalue weighted by molar-refractivity contribution is 9.31. The zero-order chi connectivity index (χ0) is 19.7. The largest absolute Gasteiger partial charge is 0.328 e. The fourth-order valence-corrected chi connectivity index (χ4v) is 191. The zero-order valence-corrected chi connectivity index (χ0v) is 32.0. The molecule has 0 heterocycles. The van der Waals surface area contributed by atoms with Crippen molar-refractivity contribution in [2.75, 3.05) is 0 Å². The molecule has 0 bridgehead atoms. The molecule has 25 heavy (non-hydrogen) atoms. The highest BCUT2D eigenvalue weighted by atomic mass is 33.4. The number of hydrogen-bond acceptors (Lipinski definition) is 1. The van der Waals surface area contributed by atoms with Gasteiger partial charge < -0.3 is 5.73 Å². The Kier molecular flexibility index (Phi) is 24.0. The fourth-order valence-electron chi connectivity index (χ4n) is 2.07. The maximum absolute atomic E-state index is 5.70. The Morgan fingerprint density at radius 2 is 1.12 bits per heavy atom. The van der Waals surface area contributed by atoms with Crippen molar-refractivity contribution in [3.05, 3.63) is 0 Å². The van der Waals surface area contributed by atoms with Gasteiger partial charge in [0.2, 0.25) is 0 Å². The Balaban J connectivity index is 0.000000593. The van der Waals surface area contributed by atoms with Crippen LogP contribution < -0.4 is 5.73 Å². The summed E-state index contributed by atoms with van der Waals surface area (Å²) >= 11 is 0. The van der Waals surface area contributed by atoms with Gasteiger partial charge in [0.1, 0.15) is 0 Å². The van der Waals surface area contributed by atoms with E-state index in [1.807, 2.05) is 0 Å². The van der Waals surface area contributed by atoms with Crippen LogP contribution in [0, 0.1) is 5.92 Å². The summed E-state index contributed by atoms with van der Waals surface area (Å²) in [5.74, 6) is 0.940. The first-order chi connectivity index (χ1) is 11.5. The highest BCUT2D eigenvalue weighted by Gasteiger charge is 2.37. The third-order valence-electron chi connectivity index (χ3n) is 3.34. The van der Waals surface area contributed by atoms with Crippen LogP contribution in [0.4, 0.5) is 0 Å². The Morgan fingerprint density at radius 3 is 1.36 bits per heavy atom. The lowest BCUT2D eigenvalue weighted by Crippen LogP contribution is -2.25. The summed E-state index contributed by atoms with van der Waals surface area (Å²) in [6.45, 7) is 3.22. The van der Waals surface area contributed by atoms with Gasteiger partial charge in [-0.1, -0.05) is 14.9 Å². The Labute approximate surface area is 186 Å². The summed E-state index contributed by atoms with van der Waals surface area (Å²) in [6.07, 6.45) is 5.20. The van der Waals surface area contributed by atoms with Gasteiger partial charge in [-0.2, -0.15) is 0 Å². The van der Waals surface area contributed by atoms with Crippen molar-refractivity contribution in [2.24, 2.45) is 11.7 Å². The maximum atomic E-state index is 5.70. The molecule has 2 N–H and O–H groups in total. The predicted octanol–water partition coefficient (Wildman–Crippen LogP) is 11.1. The Hall–Kier alpha value is 7.27. The normalized spacial score (nSPS) is 24.5. The summed E-state index contributed by atoms with van der Waals surface area (Å²) in [4.78, 5) is 0. The molecule has 12 unspecified atom stereocenters. The second-order valence-electron chi connectivity index (χ2n) is 5.50. The molecule has 1 nitrogen and oxygen atoms in total. The molecule has 152 valence electrons. The molecule has 0 aromatic carbocycles. The zero-order valence-electron chi connectivity index (χ0n) is 14.4. The minimum atomic E-state index is 0.0688. The minimum Gasteiger partial charge on any atom is -0.328 e. The SMILES string of the molecule is CC1CCC(N)CC1.PPP(P(P)P)P(P(P)P)P(P(P)P)P(P)P. The lowest BCUT2D eigenvalue weighted by Gasteiger charge is -2.41. The molecule has 1 aliphatic rings. The van der Waals surface area contributed by atoms with Gasteiger partial charge in [0.15, 0.2) is 0 Å². The molecule has 12 atom stereocenters. The quantitative estimate of drug-likeness (QED) is 0.271. The summed E-state index contributed by atoms with van der Waals surface area (Å²) in [5, 5.41) is 0. The van der Waals surface area contributed by atoms with Crippen molar-refractivity contribution >= 4 is 137 Å². The molecule has 1 saturated carbocycles. The van der Waals surface area contributed by atoms with E-state index in [1.54, 1.807) is 0 Å². The average Bonchev–Trinajstić information content (AvgIpc) is 2.49. The van der Waals surface area contributed by atoms with Gasteiger partial charge in [0.05, 0.1) is 0 Å². The molecule has 0 aromatic heterocycles. The van der Waals surface area contributed by atoms with Crippen LogP contribution in [0.2, 0.25) is 0 Å². The van der Waals surface area contributed by atoms with Gasteiger partial charge in [-0.15, -0.1) is 80.4 Å². The summed E-state index contributed by atoms with van der Waals surface area (Å²) < 4.78 is 0. The van der Waals surface area contributed by atoms with Gasteiger partial charge in [-0.05, 0) is 80.5 Å². The standard InChI is InChI=1S/C7H15N.H19P17/c1-6-2-4-7(8)5-3-6;1-10-15(11(2)3)17(14(8)9)16(12(4)5)13(6)7/h6-7H,2-5,8H2,1H3;10H,1-9H2. The molecule has 18 heteroatoms. The monoisotopic (exact) mass is 659 g/mol. The van der Waals surface area contributed by atoms with Crippen LogP contribution in [0.25, 0.3) is 0 Å². The van der Waals surface area contributed by atoms with Crippen molar-refractivity contribution in [3.8, 4) is 0 Å². The lowest BCUT2D eigenvalue weighted by atomic mass is 9.88. The highest BCUT2D eigenvalue weighted by Crippen LogP contribution is 3.25. The number of hydrogen-bond donors (Lipinski definition) is 1. The van der Waals surface area contributed by atoms with E-state index in [0.29, 0.717) is 6.04 Å². The van der Waals surface area contributed by atoms with Gasteiger partial charge in [-0.25, -0.2) is 0 Å². The van der Waals surface area contributed by atoms with E-state index in [9.17, 15) is 0 Å². The van der Waals surface area contributed by atoms with E-state index in [1.165, 1.54) is 25.7 Å². The second-order valence-corrected chi connectivity index (χ2v) is 69.9. The molecule has 0 spiro atoms. The van der Waals surface area contributed by atoms with E-state index in [4.69, 9.17) is 5.73 Å².